The number of nitrogens with zero attached hydrogens (tertiary/aromatic N) is 2. The van der Waals surface area contributed by atoms with E-state index in [-0.39, 0.29) is 11.7 Å². The number of rotatable bonds is 5. The highest BCUT2D eigenvalue weighted by Crippen LogP contribution is 2.18. The van der Waals surface area contributed by atoms with Gasteiger partial charge in [-0.15, -0.1) is 0 Å². The third-order valence-electron chi connectivity index (χ3n) is 3.79. The van der Waals surface area contributed by atoms with Crippen molar-refractivity contribution in [3.8, 4) is 5.75 Å². The van der Waals surface area contributed by atoms with Gasteiger partial charge < -0.3 is 15.0 Å². The van der Waals surface area contributed by atoms with E-state index in [9.17, 15) is 9.90 Å². The molecule has 23 heavy (non-hydrogen) atoms. The lowest BCUT2D eigenvalue weighted by atomic mass is 10.1. The lowest BCUT2D eigenvalue weighted by Gasteiger charge is -2.08. The zero-order valence-corrected chi connectivity index (χ0v) is 13.0. The van der Waals surface area contributed by atoms with Gasteiger partial charge >= 0.3 is 0 Å². The van der Waals surface area contributed by atoms with Gasteiger partial charge in [0.25, 0.3) is 5.91 Å². The van der Waals surface area contributed by atoms with Crippen LogP contribution in [0.4, 0.5) is 0 Å². The summed E-state index contributed by atoms with van der Waals surface area (Å²) < 4.78 is 2.07. The summed E-state index contributed by atoms with van der Waals surface area (Å²) in [7, 11) is 0. The third-order valence-corrected chi connectivity index (χ3v) is 3.79. The van der Waals surface area contributed by atoms with Crippen molar-refractivity contribution in [1.29, 1.82) is 0 Å². The first-order valence-corrected chi connectivity index (χ1v) is 7.63. The predicted molar refractivity (Wildman–Crippen MR) is 89.5 cm³/mol. The van der Waals surface area contributed by atoms with Crippen molar-refractivity contribution in [3.05, 3.63) is 59.9 Å². The molecule has 0 bridgehead atoms. The number of hydrogen-bond acceptors (Lipinski definition) is 3. The molecule has 0 saturated heterocycles. The lowest BCUT2D eigenvalue weighted by Crippen LogP contribution is -2.25. The molecule has 5 nitrogen and oxygen atoms in total. The van der Waals surface area contributed by atoms with Crippen molar-refractivity contribution in [1.82, 2.24) is 14.9 Å². The molecule has 2 N–H and O–H groups in total. The highest BCUT2D eigenvalue weighted by atomic mass is 16.3. The molecule has 118 valence electrons. The second-order valence-electron chi connectivity index (χ2n) is 5.56. The van der Waals surface area contributed by atoms with E-state index in [1.54, 1.807) is 12.1 Å². The zero-order chi connectivity index (χ0) is 16.2. The van der Waals surface area contributed by atoms with Crippen LogP contribution >= 0.6 is 0 Å². The Morgan fingerprint density at radius 2 is 2.09 bits per heavy atom. The molecule has 1 heterocycles. The molecule has 0 saturated carbocycles. The number of hydrogen-bond donors (Lipinski definition) is 2. The molecule has 0 spiro atoms. The van der Waals surface area contributed by atoms with E-state index in [0.29, 0.717) is 12.1 Å². The van der Waals surface area contributed by atoms with Crippen LogP contribution in [0.1, 0.15) is 22.3 Å². The molecule has 3 aromatic rings. The third kappa shape index (κ3) is 3.34. The number of fused-ring (bicyclic) bond motifs is 1. The number of aryl methyl sites for hydroxylation is 2. The standard InChI is InChI=1S/C18H19N3O2/c1-13-7-8-14(17(22)11-13)18(23)19-9-4-10-21-12-20-15-5-2-3-6-16(15)21/h2-3,5-8,11-12,22H,4,9-10H2,1H3,(H,19,23). The second-order valence-corrected chi connectivity index (χ2v) is 5.56. The first kappa shape index (κ1) is 15.1. The van der Waals surface area contributed by atoms with Crippen LogP contribution in [0.3, 0.4) is 0 Å². The molecular weight excluding hydrogens is 290 g/mol. The quantitative estimate of drug-likeness (QED) is 0.712. The number of aromatic hydroxyl groups is 1. The Kier molecular flexibility index (Phi) is 4.28. The topological polar surface area (TPSA) is 67.2 Å². The molecule has 5 heteroatoms. The largest absolute Gasteiger partial charge is 0.507 e. The van der Waals surface area contributed by atoms with Gasteiger partial charge in [-0.25, -0.2) is 4.98 Å². The van der Waals surface area contributed by atoms with E-state index < -0.39 is 0 Å². The van der Waals surface area contributed by atoms with Gasteiger partial charge in [-0.2, -0.15) is 0 Å². The van der Waals surface area contributed by atoms with Gasteiger partial charge in [-0.3, -0.25) is 4.79 Å². The SMILES string of the molecule is Cc1ccc(C(=O)NCCCn2cnc3ccccc32)c(O)c1. The van der Waals surface area contributed by atoms with Gasteiger partial charge in [0, 0.05) is 13.1 Å². The number of phenolic OH excluding ortho intramolecular Hbond substituents is 1. The van der Waals surface area contributed by atoms with E-state index >= 15 is 0 Å². The van der Waals surface area contributed by atoms with Gasteiger partial charge in [0.05, 0.1) is 22.9 Å². The molecule has 0 atom stereocenters. The fraction of sp³-hybridized carbons (Fsp3) is 0.222. The van der Waals surface area contributed by atoms with Gasteiger partial charge in [0.15, 0.2) is 0 Å². The number of nitrogens with one attached hydrogen (secondary N) is 1. The first-order valence-electron chi connectivity index (χ1n) is 7.63. The average Bonchev–Trinajstić information content (AvgIpc) is 2.94. The Labute approximate surface area is 134 Å². The van der Waals surface area contributed by atoms with Crippen molar-refractivity contribution >= 4 is 16.9 Å². The van der Waals surface area contributed by atoms with Crippen molar-refractivity contribution in [2.75, 3.05) is 6.54 Å². The number of imidazole rings is 1. The van der Waals surface area contributed by atoms with E-state index in [1.807, 2.05) is 43.6 Å². The van der Waals surface area contributed by atoms with Crippen LogP contribution in [0, 0.1) is 6.92 Å². The van der Waals surface area contributed by atoms with Crippen molar-refractivity contribution in [2.45, 2.75) is 19.9 Å². The molecular formula is C18H19N3O2. The summed E-state index contributed by atoms with van der Waals surface area (Å²) in [6.45, 7) is 3.19. The minimum atomic E-state index is -0.252. The maximum Gasteiger partial charge on any atom is 0.255 e. The van der Waals surface area contributed by atoms with Crippen LogP contribution in [0.5, 0.6) is 5.75 Å². The molecule has 0 unspecified atom stereocenters. The van der Waals surface area contributed by atoms with E-state index in [0.717, 1.165) is 29.6 Å². The van der Waals surface area contributed by atoms with Crippen LogP contribution in [0.2, 0.25) is 0 Å². The molecule has 0 radical (unpaired) electrons. The van der Waals surface area contributed by atoms with Gasteiger partial charge in [-0.1, -0.05) is 18.2 Å². The Bertz CT molecular complexity index is 839. The van der Waals surface area contributed by atoms with Crippen LogP contribution in [-0.4, -0.2) is 27.1 Å². The maximum absolute atomic E-state index is 12.1. The Morgan fingerprint density at radius 1 is 1.26 bits per heavy atom. The lowest BCUT2D eigenvalue weighted by molar-refractivity contribution is 0.0950. The van der Waals surface area contributed by atoms with Gasteiger partial charge in [0.1, 0.15) is 5.75 Å². The molecule has 0 fully saturated rings. The number of aromatic nitrogens is 2. The zero-order valence-electron chi connectivity index (χ0n) is 13.0. The van der Waals surface area contributed by atoms with E-state index in [2.05, 4.69) is 14.9 Å². The molecule has 3 rings (SSSR count). The van der Waals surface area contributed by atoms with Crippen molar-refractivity contribution in [3.63, 3.8) is 0 Å². The molecule has 2 aromatic carbocycles. The number of phenols is 1. The first-order chi connectivity index (χ1) is 11.1. The minimum absolute atomic E-state index is 0.0168. The smallest absolute Gasteiger partial charge is 0.255 e. The summed E-state index contributed by atoms with van der Waals surface area (Å²) in [5.41, 5.74) is 3.30. The fourth-order valence-electron chi connectivity index (χ4n) is 2.57. The summed E-state index contributed by atoms with van der Waals surface area (Å²) in [5.74, 6) is -0.235. The number of carbonyl (C=O) groups excluding carboxylic acids is 1. The predicted octanol–water partition coefficient (Wildman–Crippen LogP) is 2.87. The summed E-state index contributed by atoms with van der Waals surface area (Å²) in [6.07, 6.45) is 2.61. The molecule has 0 aliphatic rings. The minimum Gasteiger partial charge on any atom is -0.507 e. The summed E-state index contributed by atoms with van der Waals surface area (Å²) >= 11 is 0. The Morgan fingerprint density at radius 3 is 2.91 bits per heavy atom. The molecule has 1 amide bonds. The summed E-state index contributed by atoms with van der Waals surface area (Å²) in [5, 5.41) is 12.7. The highest BCUT2D eigenvalue weighted by molar-refractivity contribution is 5.96. The number of amides is 1. The van der Waals surface area contributed by atoms with Gasteiger partial charge in [-0.05, 0) is 43.2 Å². The summed E-state index contributed by atoms with van der Waals surface area (Å²) in [6, 6.07) is 13.0. The molecule has 0 aliphatic carbocycles. The van der Waals surface area contributed by atoms with Crippen LogP contribution in [0.15, 0.2) is 48.8 Å². The number of para-hydroxylation sites is 2. The monoisotopic (exact) mass is 309 g/mol. The van der Waals surface area contributed by atoms with Crippen LogP contribution in [-0.2, 0) is 6.54 Å². The normalized spacial score (nSPS) is 10.8. The fourth-order valence-corrected chi connectivity index (χ4v) is 2.57. The average molecular weight is 309 g/mol. The molecule has 1 aromatic heterocycles. The van der Waals surface area contributed by atoms with Crippen LogP contribution < -0.4 is 5.32 Å². The van der Waals surface area contributed by atoms with Gasteiger partial charge in [0.2, 0.25) is 0 Å². The Balaban J connectivity index is 1.54. The van der Waals surface area contributed by atoms with E-state index in [4.69, 9.17) is 0 Å². The number of carbonyl (C=O) groups is 1. The maximum atomic E-state index is 12.1. The highest BCUT2D eigenvalue weighted by Gasteiger charge is 2.10. The van der Waals surface area contributed by atoms with Crippen LogP contribution in [0.25, 0.3) is 11.0 Å². The van der Waals surface area contributed by atoms with E-state index in [1.165, 1.54) is 0 Å². The molecule has 0 aliphatic heterocycles. The van der Waals surface area contributed by atoms with Crippen molar-refractivity contribution < 1.29 is 9.90 Å². The summed E-state index contributed by atoms with van der Waals surface area (Å²) in [4.78, 5) is 16.4. The Hall–Kier alpha value is -2.82. The second kappa shape index (κ2) is 6.52. The number of benzene rings is 2. The van der Waals surface area contributed by atoms with Crippen molar-refractivity contribution in [2.24, 2.45) is 0 Å².